The van der Waals surface area contributed by atoms with Gasteiger partial charge in [-0.3, -0.25) is 0 Å². The molecule has 2 rings (SSSR count). The molecule has 0 amide bonds. The van der Waals surface area contributed by atoms with Crippen molar-refractivity contribution in [2.75, 3.05) is 32.5 Å². The van der Waals surface area contributed by atoms with Crippen LogP contribution in [0.15, 0.2) is 24.3 Å². The monoisotopic (exact) mass is 291 g/mol. The first-order valence-corrected chi connectivity index (χ1v) is 7.83. The van der Waals surface area contributed by atoms with Gasteiger partial charge in [-0.15, -0.1) is 0 Å². The summed E-state index contributed by atoms with van der Waals surface area (Å²) < 4.78 is 0. The van der Waals surface area contributed by atoms with Crippen molar-refractivity contribution in [1.82, 2.24) is 9.80 Å². The van der Waals surface area contributed by atoms with Crippen molar-refractivity contribution in [3.05, 3.63) is 29.8 Å². The molecule has 0 bridgehead atoms. The lowest BCUT2D eigenvalue weighted by Crippen LogP contribution is -2.43. The summed E-state index contributed by atoms with van der Waals surface area (Å²) in [5.41, 5.74) is 2.47. The van der Waals surface area contributed by atoms with Gasteiger partial charge in [-0.05, 0) is 57.2 Å². The third-order valence-corrected chi connectivity index (χ3v) is 4.19. The van der Waals surface area contributed by atoms with E-state index in [1.54, 1.807) is 0 Å². The van der Waals surface area contributed by atoms with Crippen molar-refractivity contribution in [3.63, 3.8) is 0 Å². The van der Waals surface area contributed by atoms with Crippen molar-refractivity contribution in [3.8, 4) is 0 Å². The number of hydrogen-bond acceptors (Lipinski definition) is 2. The lowest BCUT2D eigenvalue weighted by molar-refractivity contribution is 0.288. The molecule has 0 aliphatic carbocycles. The normalized spacial score (nSPS) is 18.6. The second-order valence-corrected chi connectivity index (χ2v) is 6.08. The molecule has 0 spiro atoms. The Kier molecular flexibility index (Phi) is 5.38. The third kappa shape index (κ3) is 3.70. The summed E-state index contributed by atoms with van der Waals surface area (Å²) in [5, 5.41) is 4.32. The summed E-state index contributed by atoms with van der Waals surface area (Å²) in [7, 11) is 4.25. The van der Waals surface area contributed by atoms with Crippen LogP contribution in [0.2, 0.25) is 0 Å². The number of para-hydroxylation sites is 1. The van der Waals surface area contributed by atoms with Crippen LogP contribution in [-0.4, -0.2) is 48.1 Å². The molecule has 1 aliphatic heterocycles. The number of nitrogens with one attached hydrogen (secondary N) is 1. The van der Waals surface area contributed by atoms with E-state index in [9.17, 15) is 0 Å². The highest BCUT2D eigenvalue weighted by Crippen LogP contribution is 2.21. The van der Waals surface area contributed by atoms with Gasteiger partial charge in [0.1, 0.15) is 0 Å². The van der Waals surface area contributed by atoms with Gasteiger partial charge in [0.15, 0.2) is 5.11 Å². The van der Waals surface area contributed by atoms with Crippen molar-refractivity contribution in [2.24, 2.45) is 0 Å². The second-order valence-electron chi connectivity index (χ2n) is 5.69. The van der Waals surface area contributed by atoms with Gasteiger partial charge < -0.3 is 15.1 Å². The Morgan fingerprint density at radius 3 is 2.85 bits per heavy atom. The van der Waals surface area contributed by atoms with E-state index in [1.165, 1.54) is 18.4 Å². The summed E-state index contributed by atoms with van der Waals surface area (Å²) >= 11 is 5.63. The van der Waals surface area contributed by atoms with E-state index in [-0.39, 0.29) is 0 Å². The molecule has 1 N–H and O–H groups in total. The van der Waals surface area contributed by atoms with Crippen LogP contribution in [0.5, 0.6) is 0 Å². The van der Waals surface area contributed by atoms with Gasteiger partial charge >= 0.3 is 0 Å². The van der Waals surface area contributed by atoms with Gasteiger partial charge in [-0.1, -0.05) is 25.1 Å². The topological polar surface area (TPSA) is 18.5 Å². The molecule has 1 aromatic carbocycles. The number of aryl methyl sites for hydroxylation is 1. The van der Waals surface area contributed by atoms with E-state index in [2.05, 4.69) is 60.4 Å². The number of anilines is 1. The average molecular weight is 291 g/mol. The van der Waals surface area contributed by atoms with E-state index in [1.807, 2.05) is 0 Å². The molecular formula is C16H25N3S. The largest absolute Gasteiger partial charge is 0.345 e. The Bertz CT molecular complexity index is 459. The Labute approximate surface area is 128 Å². The first-order chi connectivity index (χ1) is 9.61. The zero-order chi connectivity index (χ0) is 14.5. The van der Waals surface area contributed by atoms with Crippen LogP contribution >= 0.6 is 12.2 Å². The highest BCUT2D eigenvalue weighted by Gasteiger charge is 2.27. The molecule has 4 heteroatoms. The number of rotatable bonds is 4. The Morgan fingerprint density at radius 1 is 1.40 bits per heavy atom. The molecular weight excluding hydrogens is 266 g/mol. The Hall–Kier alpha value is -1.13. The number of likely N-dealkylation sites (N-methyl/N-ethyl adjacent to an activating group) is 1. The van der Waals surface area contributed by atoms with Crippen molar-refractivity contribution >= 4 is 23.0 Å². The average Bonchev–Trinajstić information content (AvgIpc) is 2.86. The summed E-state index contributed by atoms with van der Waals surface area (Å²) in [6.45, 7) is 4.31. The minimum atomic E-state index is 0.541. The van der Waals surface area contributed by atoms with E-state index < -0.39 is 0 Å². The van der Waals surface area contributed by atoms with E-state index in [0.29, 0.717) is 6.04 Å². The standard InChI is InChI=1S/C16H25N3S/c1-4-13-8-5-6-10-15(13)17-16(20)19-11-7-9-14(19)12-18(2)3/h5-6,8,10,14H,4,7,9,11-12H2,1-3H3,(H,17,20). The van der Waals surface area contributed by atoms with Gasteiger partial charge in [0.2, 0.25) is 0 Å². The molecule has 110 valence electrons. The maximum absolute atomic E-state index is 5.63. The number of benzene rings is 1. The fourth-order valence-corrected chi connectivity index (χ4v) is 3.20. The number of hydrogen-bond donors (Lipinski definition) is 1. The number of nitrogens with zero attached hydrogens (tertiary/aromatic N) is 2. The van der Waals surface area contributed by atoms with Crippen LogP contribution in [-0.2, 0) is 6.42 Å². The van der Waals surface area contributed by atoms with Gasteiger partial charge in [-0.2, -0.15) is 0 Å². The van der Waals surface area contributed by atoms with Gasteiger partial charge in [-0.25, -0.2) is 0 Å². The first kappa shape index (κ1) is 15.3. The molecule has 1 unspecified atom stereocenters. The zero-order valence-electron chi connectivity index (χ0n) is 12.7. The fourth-order valence-electron chi connectivity index (χ4n) is 2.85. The Balaban J connectivity index is 2.04. The van der Waals surface area contributed by atoms with E-state index in [0.717, 1.165) is 30.3 Å². The molecule has 20 heavy (non-hydrogen) atoms. The second kappa shape index (κ2) is 7.04. The highest BCUT2D eigenvalue weighted by atomic mass is 32.1. The lowest BCUT2D eigenvalue weighted by atomic mass is 10.1. The quantitative estimate of drug-likeness (QED) is 0.859. The molecule has 1 aliphatic rings. The summed E-state index contributed by atoms with van der Waals surface area (Å²) in [5.74, 6) is 0. The lowest BCUT2D eigenvalue weighted by Gasteiger charge is -2.30. The predicted octanol–water partition coefficient (Wildman–Crippen LogP) is 2.97. The van der Waals surface area contributed by atoms with Gasteiger partial charge in [0.25, 0.3) is 0 Å². The molecule has 3 nitrogen and oxygen atoms in total. The molecule has 1 saturated heterocycles. The fraction of sp³-hybridized carbons (Fsp3) is 0.562. The molecule has 1 fully saturated rings. The minimum absolute atomic E-state index is 0.541. The molecule has 1 heterocycles. The minimum Gasteiger partial charge on any atom is -0.345 e. The Morgan fingerprint density at radius 2 is 2.15 bits per heavy atom. The summed E-state index contributed by atoms with van der Waals surface area (Å²) in [6, 6.07) is 8.95. The van der Waals surface area contributed by atoms with Crippen LogP contribution in [0.3, 0.4) is 0 Å². The molecule has 0 saturated carbocycles. The maximum atomic E-state index is 5.63. The molecule has 1 atom stereocenters. The third-order valence-electron chi connectivity index (χ3n) is 3.85. The van der Waals surface area contributed by atoms with Gasteiger partial charge in [0.05, 0.1) is 0 Å². The van der Waals surface area contributed by atoms with Crippen LogP contribution < -0.4 is 5.32 Å². The van der Waals surface area contributed by atoms with Crippen LogP contribution in [0.4, 0.5) is 5.69 Å². The van der Waals surface area contributed by atoms with E-state index >= 15 is 0 Å². The molecule has 0 aromatic heterocycles. The highest BCUT2D eigenvalue weighted by molar-refractivity contribution is 7.80. The number of likely N-dealkylation sites (tertiary alicyclic amines) is 1. The zero-order valence-corrected chi connectivity index (χ0v) is 13.5. The van der Waals surface area contributed by atoms with Crippen molar-refractivity contribution in [1.29, 1.82) is 0 Å². The van der Waals surface area contributed by atoms with Crippen molar-refractivity contribution < 1.29 is 0 Å². The van der Waals surface area contributed by atoms with Gasteiger partial charge in [0, 0.05) is 24.8 Å². The summed E-state index contributed by atoms with van der Waals surface area (Å²) in [6.07, 6.45) is 3.48. The maximum Gasteiger partial charge on any atom is 0.173 e. The first-order valence-electron chi connectivity index (χ1n) is 7.42. The van der Waals surface area contributed by atoms with Crippen LogP contribution in [0.25, 0.3) is 0 Å². The van der Waals surface area contributed by atoms with E-state index in [4.69, 9.17) is 12.2 Å². The molecule has 1 aromatic rings. The summed E-state index contributed by atoms with van der Waals surface area (Å²) in [4.78, 5) is 4.59. The SMILES string of the molecule is CCc1ccccc1NC(=S)N1CCCC1CN(C)C. The van der Waals surface area contributed by atoms with Crippen molar-refractivity contribution in [2.45, 2.75) is 32.2 Å². The number of thiocarbonyl (C=S) groups is 1. The van der Waals surface area contributed by atoms with Crippen LogP contribution in [0.1, 0.15) is 25.3 Å². The van der Waals surface area contributed by atoms with Crippen LogP contribution in [0, 0.1) is 0 Å². The molecule has 0 radical (unpaired) electrons. The smallest absolute Gasteiger partial charge is 0.173 e. The predicted molar refractivity (Wildman–Crippen MR) is 90.3 cm³/mol.